The zero-order valence-corrected chi connectivity index (χ0v) is 14.4. The Morgan fingerprint density at radius 1 is 1.04 bits per heavy atom. The molecule has 2 amide bonds. The number of nitrogens with one attached hydrogen (secondary N) is 2. The number of rotatable bonds is 7. The molecular weight excluding hydrogens is 294 g/mol. The van der Waals surface area contributed by atoms with Crippen LogP contribution in [-0.2, 0) is 4.79 Å². The van der Waals surface area contributed by atoms with Gasteiger partial charge in [0.2, 0.25) is 0 Å². The van der Waals surface area contributed by atoms with Gasteiger partial charge in [-0.3, -0.25) is 9.69 Å². The third kappa shape index (κ3) is 5.37. The predicted octanol–water partition coefficient (Wildman–Crippen LogP) is 2.19. The Bertz CT molecular complexity index is 402. The van der Waals surface area contributed by atoms with Gasteiger partial charge in [-0.1, -0.05) is 20.3 Å². The number of nitrogens with zero attached hydrogens (tertiary/aromatic N) is 1. The molecule has 0 heterocycles. The molecule has 0 spiro atoms. The minimum absolute atomic E-state index is 0.0605. The van der Waals surface area contributed by atoms with E-state index < -0.39 is 5.97 Å². The Morgan fingerprint density at radius 2 is 1.65 bits per heavy atom. The van der Waals surface area contributed by atoms with E-state index in [1.807, 2.05) is 11.8 Å². The molecule has 6 nitrogen and oxygen atoms in total. The summed E-state index contributed by atoms with van der Waals surface area (Å²) in [6, 6.07) is 0.707. The minimum atomic E-state index is -0.788. The fourth-order valence-corrected chi connectivity index (χ4v) is 3.80. The first kappa shape index (κ1) is 18.0. The smallest absolute Gasteiger partial charge is 0.317 e. The second-order valence-corrected chi connectivity index (χ2v) is 7.02. The molecule has 132 valence electrons. The van der Waals surface area contributed by atoms with Gasteiger partial charge < -0.3 is 15.7 Å². The fraction of sp³-hybridized carbons (Fsp3) is 0.882. The number of carboxylic acids is 1. The van der Waals surface area contributed by atoms with Gasteiger partial charge in [0, 0.05) is 18.1 Å². The van der Waals surface area contributed by atoms with Crippen LogP contribution < -0.4 is 10.6 Å². The summed E-state index contributed by atoms with van der Waals surface area (Å²) in [7, 11) is 0. The van der Waals surface area contributed by atoms with Crippen molar-refractivity contribution in [1.29, 1.82) is 0 Å². The monoisotopic (exact) mass is 325 g/mol. The summed E-state index contributed by atoms with van der Waals surface area (Å²) in [6.07, 6.45) is 7.53. The zero-order valence-electron chi connectivity index (χ0n) is 14.4. The summed E-state index contributed by atoms with van der Waals surface area (Å²) >= 11 is 0. The normalized spacial score (nSPS) is 30.6. The van der Waals surface area contributed by atoms with Gasteiger partial charge in [-0.2, -0.15) is 0 Å². The number of likely N-dealkylation sites (N-methyl/N-ethyl adjacent to an activating group) is 1. The molecule has 23 heavy (non-hydrogen) atoms. The van der Waals surface area contributed by atoms with Crippen molar-refractivity contribution >= 4 is 12.0 Å². The third-order valence-electron chi connectivity index (χ3n) is 5.47. The lowest BCUT2D eigenvalue weighted by molar-refractivity contribution is -0.139. The largest absolute Gasteiger partial charge is 0.480 e. The zero-order chi connectivity index (χ0) is 16.8. The molecule has 0 aromatic carbocycles. The maximum Gasteiger partial charge on any atom is 0.317 e. The summed E-state index contributed by atoms with van der Waals surface area (Å²) in [5, 5.41) is 15.0. The van der Waals surface area contributed by atoms with Crippen LogP contribution in [-0.4, -0.2) is 53.2 Å². The van der Waals surface area contributed by atoms with Crippen molar-refractivity contribution in [2.45, 2.75) is 76.9 Å². The second-order valence-electron chi connectivity index (χ2n) is 7.02. The van der Waals surface area contributed by atoms with E-state index in [-0.39, 0.29) is 24.7 Å². The maximum atomic E-state index is 12.1. The third-order valence-corrected chi connectivity index (χ3v) is 5.47. The van der Waals surface area contributed by atoms with E-state index in [0.29, 0.717) is 6.04 Å². The van der Waals surface area contributed by atoms with Gasteiger partial charge in [0.1, 0.15) is 0 Å². The Kier molecular flexibility index (Phi) is 6.69. The van der Waals surface area contributed by atoms with Crippen molar-refractivity contribution in [1.82, 2.24) is 15.5 Å². The maximum absolute atomic E-state index is 12.1. The Morgan fingerprint density at radius 3 is 2.17 bits per heavy atom. The van der Waals surface area contributed by atoms with Gasteiger partial charge in [0.25, 0.3) is 0 Å². The van der Waals surface area contributed by atoms with Gasteiger partial charge in [0.05, 0.1) is 6.54 Å². The molecule has 2 rings (SSSR count). The Hall–Kier alpha value is -1.30. The van der Waals surface area contributed by atoms with Crippen molar-refractivity contribution in [3.63, 3.8) is 0 Å². The molecule has 0 bridgehead atoms. The van der Waals surface area contributed by atoms with E-state index in [4.69, 9.17) is 5.11 Å². The predicted molar refractivity (Wildman–Crippen MR) is 89.4 cm³/mol. The highest BCUT2D eigenvalue weighted by Gasteiger charge is 2.35. The average molecular weight is 325 g/mol. The molecule has 0 unspecified atom stereocenters. The number of aliphatic carboxylic acids is 1. The topological polar surface area (TPSA) is 81.7 Å². The van der Waals surface area contributed by atoms with Crippen molar-refractivity contribution < 1.29 is 14.7 Å². The number of urea groups is 1. The van der Waals surface area contributed by atoms with E-state index in [1.165, 1.54) is 19.3 Å². The van der Waals surface area contributed by atoms with Crippen LogP contribution in [0.15, 0.2) is 0 Å². The van der Waals surface area contributed by atoms with E-state index in [1.54, 1.807) is 0 Å². The Labute approximate surface area is 139 Å². The molecule has 2 saturated carbocycles. The van der Waals surface area contributed by atoms with Crippen LogP contribution in [0.25, 0.3) is 0 Å². The molecule has 2 aliphatic carbocycles. The van der Waals surface area contributed by atoms with Crippen molar-refractivity contribution in [2.24, 2.45) is 5.92 Å². The average Bonchev–Trinajstić information content (AvgIpc) is 2.49. The first-order chi connectivity index (χ1) is 11.0. The van der Waals surface area contributed by atoms with Crippen LogP contribution in [0.3, 0.4) is 0 Å². The molecule has 6 heteroatoms. The molecule has 0 aromatic heterocycles. The summed E-state index contributed by atoms with van der Waals surface area (Å²) in [4.78, 5) is 24.8. The number of hydrogen-bond donors (Lipinski definition) is 3. The van der Waals surface area contributed by atoms with Crippen LogP contribution in [0, 0.1) is 5.92 Å². The highest BCUT2D eigenvalue weighted by Crippen LogP contribution is 2.27. The van der Waals surface area contributed by atoms with Crippen LogP contribution >= 0.6 is 0 Å². The summed E-state index contributed by atoms with van der Waals surface area (Å²) in [5.74, 6) is 0.0430. The highest BCUT2D eigenvalue weighted by molar-refractivity contribution is 5.74. The molecule has 0 radical (unpaired) electrons. The molecule has 0 aliphatic heterocycles. The van der Waals surface area contributed by atoms with Gasteiger partial charge in [-0.25, -0.2) is 4.79 Å². The number of carbonyl (C=O) groups is 2. The molecule has 0 atom stereocenters. The molecule has 0 aromatic rings. The van der Waals surface area contributed by atoms with E-state index in [0.717, 1.165) is 38.1 Å². The van der Waals surface area contributed by atoms with Gasteiger partial charge in [0.15, 0.2) is 0 Å². The number of amides is 2. The SMILES string of the molecule is CCC1CCC(NC(=O)NC2CC(N(CC)CC(=O)O)C2)CC1. The first-order valence-electron chi connectivity index (χ1n) is 9.04. The summed E-state index contributed by atoms with van der Waals surface area (Å²) < 4.78 is 0. The lowest BCUT2D eigenvalue weighted by atomic mass is 9.84. The van der Waals surface area contributed by atoms with Crippen molar-refractivity contribution in [3.05, 3.63) is 0 Å². The van der Waals surface area contributed by atoms with Crippen LogP contribution in [0.1, 0.15) is 58.8 Å². The lowest BCUT2D eigenvalue weighted by Crippen LogP contribution is -2.57. The first-order valence-corrected chi connectivity index (χ1v) is 9.04. The highest BCUT2D eigenvalue weighted by atomic mass is 16.4. The Balaban J connectivity index is 1.63. The molecule has 2 aliphatic rings. The van der Waals surface area contributed by atoms with Gasteiger partial charge in [-0.15, -0.1) is 0 Å². The number of hydrogen-bond acceptors (Lipinski definition) is 3. The minimum Gasteiger partial charge on any atom is -0.480 e. The van der Waals surface area contributed by atoms with Crippen LogP contribution in [0.4, 0.5) is 4.79 Å². The molecule has 2 fully saturated rings. The second kappa shape index (κ2) is 8.52. The number of carbonyl (C=O) groups excluding carboxylic acids is 1. The van der Waals surface area contributed by atoms with Crippen LogP contribution in [0.5, 0.6) is 0 Å². The molecule has 0 saturated heterocycles. The van der Waals surface area contributed by atoms with Crippen molar-refractivity contribution in [3.8, 4) is 0 Å². The molecular formula is C17H31N3O3. The van der Waals surface area contributed by atoms with Crippen LogP contribution in [0.2, 0.25) is 0 Å². The quantitative estimate of drug-likeness (QED) is 0.670. The fourth-order valence-electron chi connectivity index (χ4n) is 3.80. The van der Waals surface area contributed by atoms with Crippen molar-refractivity contribution in [2.75, 3.05) is 13.1 Å². The molecule has 3 N–H and O–H groups in total. The number of carboxylic acid groups (broad SMARTS) is 1. The van der Waals surface area contributed by atoms with E-state index >= 15 is 0 Å². The summed E-state index contributed by atoms with van der Waals surface area (Å²) in [5.41, 5.74) is 0. The van der Waals surface area contributed by atoms with Gasteiger partial charge >= 0.3 is 12.0 Å². The lowest BCUT2D eigenvalue weighted by Gasteiger charge is -2.42. The van der Waals surface area contributed by atoms with Gasteiger partial charge in [-0.05, 0) is 51.0 Å². The standard InChI is InChI=1S/C17H31N3O3/c1-3-12-5-7-13(8-6-12)18-17(23)19-14-9-15(10-14)20(4-2)11-16(21)22/h12-15H,3-11H2,1-2H3,(H,21,22)(H2,18,19,23). The van der Waals surface area contributed by atoms with E-state index in [9.17, 15) is 9.59 Å². The summed E-state index contributed by atoms with van der Waals surface area (Å²) in [6.45, 7) is 5.03. The van der Waals surface area contributed by atoms with E-state index in [2.05, 4.69) is 17.6 Å².